The molecule has 0 fully saturated rings. The Kier molecular flexibility index (Phi) is 10.4. The van der Waals surface area contributed by atoms with Gasteiger partial charge in [0.05, 0.1) is 0 Å². The van der Waals surface area contributed by atoms with Gasteiger partial charge in [-0.15, -0.1) is 69.1 Å². The van der Waals surface area contributed by atoms with E-state index in [-0.39, 0.29) is 46.1 Å². The summed E-state index contributed by atoms with van der Waals surface area (Å²) in [7, 11) is 0. The summed E-state index contributed by atoms with van der Waals surface area (Å²) in [4.78, 5) is 0. The monoisotopic (exact) mass is 716 g/mol. The normalized spacial score (nSPS) is 11.2. The van der Waals surface area contributed by atoms with Gasteiger partial charge >= 0.3 is 25.8 Å². The van der Waals surface area contributed by atoms with E-state index in [9.17, 15) is 0 Å². The van der Waals surface area contributed by atoms with Crippen molar-refractivity contribution in [1.29, 1.82) is 0 Å². The van der Waals surface area contributed by atoms with Crippen LogP contribution in [0, 0.1) is 42.5 Å². The minimum absolute atomic E-state index is 0. The smallest absolute Gasteiger partial charge is 0.358 e. The summed E-state index contributed by atoms with van der Waals surface area (Å²) in [6.07, 6.45) is 2.24. The number of benzene rings is 4. The first-order valence-corrected chi connectivity index (χ1v) is 14.3. The van der Waals surface area contributed by atoms with Gasteiger partial charge in [-0.3, -0.25) is 0 Å². The van der Waals surface area contributed by atoms with Crippen LogP contribution in [0.15, 0.2) is 97.1 Å². The standard InChI is InChI=1S/C39H38.2CH3.Hf/c1-7-20-39(6,31-21-29-14-10-18-35(37(29)23-31)33-16-8-12-25(2)27(33)4)32-22-30-15-11-19-36(38(30)24-32)34-17-9-13-26(3)28(34)5;;;/h8-19,21-24H,7,20H2,1-6H3;2*1H3;/q-2;2*-1;+4. The van der Waals surface area contributed by atoms with Crippen LogP contribution < -0.4 is 0 Å². The quantitative estimate of drug-likeness (QED) is 0.119. The van der Waals surface area contributed by atoms with Crippen molar-refractivity contribution in [3.8, 4) is 22.3 Å². The van der Waals surface area contributed by atoms with Crippen LogP contribution in [-0.2, 0) is 31.3 Å². The van der Waals surface area contributed by atoms with Crippen molar-refractivity contribution in [1.82, 2.24) is 0 Å². The second-order valence-corrected chi connectivity index (χ2v) is 11.7. The first-order chi connectivity index (χ1) is 18.8. The molecule has 0 heterocycles. The summed E-state index contributed by atoms with van der Waals surface area (Å²) in [5.41, 5.74) is 13.5. The summed E-state index contributed by atoms with van der Waals surface area (Å²) >= 11 is 0. The maximum absolute atomic E-state index is 2.48. The summed E-state index contributed by atoms with van der Waals surface area (Å²) in [5.74, 6) is 0. The van der Waals surface area contributed by atoms with Crippen LogP contribution in [0.3, 0.4) is 0 Å². The fourth-order valence-electron chi connectivity index (χ4n) is 6.62. The molecule has 0 unspecified atom stereocenters. The van der Waals surface area contributed by atoms with Gasteiger partial charge in [-0.2, -0.15) is 12.1 Å². The maximum Gasteiger partial charge on any atom is 4.00 e. The van der Waals surface area contributed by atoms with Gasteiger partial charge in [0.15, 0.2) is 0 Å². The van der Waals surface area contributed by atoms with Crippen molar-refractivity contribution in [3.63, 3.8) is 0 Å². The molecule has 1 heteroatoms. The minimum Gasteiger partial charge on any atom is -0.358 e. The van der Waals surface area contributed by atoms with Gasteiger partial charge in [-0.1, -0.05) is 79.9 Å². The maximum atomic E-state index is 2.48. The fraction of sp³-hybridized carbons (Fsp3) is 0.220. The molecule has 0 aromatic heterocycles. The Hall–Kier alpha value is -3.03. The summed E-state index contributed by atoms with van der Waals surface area (Å²) < 4.78 is 0. The molecule has 0 aliphatic heterocycles. The van der Waals surface area contributed by atoms with E-state index in [0.717, 1.165) is 12.8 Å². The average Bonchev–Trinajstić information content (AvgIpc) is 3.57. The van der Waals surface area contributed by atoms with Gasteiger partial charge < -0.3 is 14.9 Å². The fourth-order valence-corrected chi connectivity index (χ4v) is 6.62. The first kappa shape index (κ1) is 33.5. The molecule has 6 aromatic rings. The Bertz CT molecular complexity index is 1690. The molecule has 0 N–H and O–H groups in total. The summed E-state index contributed by atoms with van der Waals surface area (Å²) in [5, 5.41) is 5.38. The van der Waals surface area contributed by atoms with E-state index in [2.05, 4.69) is 139 Å². The van der Waals surface area contributed by atoms with Gasteiger partial charge in [-0.25, -0.2) is 0 Å². The third-order valence-corrected chi connectivity index (χ3v) is 9.32. The third-order valence-electron chi connectivity index (χ3n) is 9.32. The van der Waals surface area contributed by atoms with Crippen molar-refractivity contribution in [2.75, 3.05) is 0 Å². The van der Waals surface area contributed by atoms with E-state index < -0.39 is 0 Å². The topological polar surface area (TPSA) is 0 Å². The van der Waals surface area contributed by atoms with Crippen molar-refractivity contribution in [2.24, 2.45) is 0 Å². The third kappa shape index (κ3) is 5.53. The van der Waals surface area contributed by atoms with E-state index >= 15 is 0 Å². The molecule has 0 saturated heterocycles. The molecule has 6 aromatic carbocycles. The first-order valence-electron chi connectivity index (χ1n) is 14.3. The zero-order valence-corrected chi connectivity index (χ0v) is 30.2. The molecule has 0 saturated carbocycles. The number of hydrogen-bond acceptors (Lipinski definition) is 0. The van der Waals surface area contributed by atoms with E-state index in [1.165, 1.54) is 77.2 Å². The van der Waals surface area contributed by atoms with Crippen LogP contribution in [-0.4, -0.2) is 0 Å². The van der Waals surface area contributed by atoms with Crippen LogP contribution >= 0.6 is 0 Å². The molecule has 212 valence electrons. The molecule has 0 amide bonds. The average molecular weight is 715 g/mol. The van der Waals surface area contributed by atoms with Crippen molar-refractivity contribution >= 4 is 21.5 Å². The van der Waals surface area contributed by atoms with Gasteiger partial charge in [0.2, 0.25) is 0 Å². The number of aryl methyl sites for hydroxylation is 2. The molecule has 0 radical (unpaired) electrons. The Labute approximate surface area is 273 Å². The predicted molar refractivity (Wildman–Crippen MR) is 183 cm³/mol. The summed E-state index contributed by atoms with van der Waals surface area (Å²) in [6.45, 7) is 13.7. The zero-order chi connectivity index (χ0) is 27.3. The Balaban J connectivity index is 0.00000161. The molecule has 42 heavy (non-hydrogen) atoms. The molecule has 0 nitrogen and oxygen atoms in total. The Morgan fingerprint density at radius 1 is 0.571 bits per heavy atom. The Morgan fingerprint density at radius 2 is 0.952 bits per heavy atom. The number of fused-ring (bicyclic) bond motifs is 2. The van der Waals surface area contributed by atoms with Crippen LogP contribution in [0.4, 0.5) is 0 Å². The van der Waals surface area contributed by atoms with Crippen LogP contribution in [0.1, 0.15) is 60.1 Å². The van der Waals surface area contributed by atoms with Gasteiger partial charge in [0.25, 0.3) is 0 Å². The molecule has 0 aliphatic carbocycles. The van der Waals surface area contributed by atoms with Gasteiger partial charge in [0.1, 0.15) is 0 Å². The predicted octanol–water partition coefficient (Wildman–Crippen LogP) is 12.0. The number of rotatable bonds is 6. The molecule has 0 spiro atoms. The second kappa shape index (κ2) is 13.1. The SMILES string of the molecule is CCCC(C)(c1cc2c(-c3cccc(C)c3C)cccc2[cH-]1)c1cc2c(-c3cccc(C)c3C)cccc2[cH-]1.[CH3-].[CH3-].[Hf+4]. The van der Waals surface area contributed by atoms with E-state index in [1.54, 1.807) is 0 Å². The van der Waals surface area contributed by atoms with Crippen LogP contribution in [0.5, 0.6) is 0 Å². The van der Waals surface area contributed by atoms with Gasteiger partial charge in [-0.05, 0) is 72.9 Å². The molecular formula is C41H44Hf. The van der Waals surface area contributed by atoms with E-state index in [0.29, 0.717) is 0 Å². The van der Waals surface area contributed by atoms with Crippen molar-refractivity contribution < 1.29 is 25.8 Å². The molecular weight excluding hydrogens is 671 g/mol. The summed E-state index contributed by atoms with van der Waals surface area (Å²) in [6, 6.07) is 36.7. The molecule has 0 bridgehead atoms. The van der Waals surface area contributed by atoms with E-state index in [4.69, 9.17) is 0 Å². The Morgan fingerprint density at radius 3 is 1.36 bits per heavy atom. The van der Waals surface area contributed by atoms with Gasteiger partial charge in [0, 0.05) is 0 Å². The van der Waals surface area contributed by atoms with Crippen molar-refractivity contribution in [3.05, 3.63) is 145 Å². The largest absolute Gasteiger partial charge is 4.00 e. The molecule has 6 rings (SSSR count). The zero-order valence-electron chi connectivity index (χ0n) is 26.7. The second-order valence-electron chi connectivity index (χ2n) is 11.7. The molecule has 0 atom stereocenters. The molecule has 0 aliphatic rings. The van der Waals surface area contributed by atoms with Crippen LogP contribution in [0.25, 0.3) is 43.8 Å². The van der Waals surface area contributed by atoms with E-state index in [1.807, 2.05) is 0 Å². The minimum atomic E-state index is -0.0649. The number of hydrogen-bond donors (Lipinski definition) is 0. The van der Waals surface area contributed by atoms with Crippen LogP contribution in [0.2, 0.25) is 0 Å². The van der Waals surface area contributed by atoms with Crippen molar-refractivity contribution in [2.45, 2.75) is 59.8 Å².